The van der Waals surface area contributed by atoms with Crippen LogP contribution in [0.5, 0.6) is 0 Å². The molecule has 0 saturated heterocycles. The molecule has 1 amide bonds. The van der Waals surface area contributed by atoms with E-state index in [-0.39, 0.29) is 18.3 Å². The summed E-state index contributed by atoms with van der Waals surface area (Å²) >= 11 is 0. The van der Waals surface area contributed by atoms with Crippen molar-refractivity contribution < 1.29 is 14.3 Å². The molecule has 0 spiro atoms. The van der Waals surface area contributed by atoms with Gasteiger partial charge in [-0.15, -0.1) is 0 Å². The highest BCUT2D eigenvalue weighted by Crippen LogP contribution is 2.12. The van der Waals surface area contributed by atoms with Gasteiger partial charge in [0, 0.05) is 6.54 Å². The number of amides is 1. The summed E-state index contributed by atoms with van der Waals surface area (Å²) in [6.45, 7) is 4.04. The molecule has 4 N–H and O–H groups in total. The zero-order valence-electron chi connectivity index (χ0n) is 11.3. The fraction of sp³-hybridized carbons (Fsp3) is 0.500. The fourth-order valence-corrected chi connectivity index (χ4v) is 1.75. The van der Waals surface area contributed by atoms with Crippen LogP contribution in [0.2, 0.25) is 0 Å². The summed E-state index contributed by atoms with van der Waals surface area (Å²) in [6.07, 6.45) is -0.269. The van der Waals surface area contributed by atoms with Gasteiger partial charge in [0.15, 0.2) is 0 Å². The van der Waals surface area contributed by atoms with Crippen molar-refractivity contribution in [3.05, 3.63) is 35.6 Å². The van der Waals surface area contributed by atoms with E-state index in [1.165, 1.54) is 24.3 Å². The van der Waals surface area contributed by atoms with Gasteiger partial charge in [0.25, 0.3) is 0 Å². The van der Waals surface area contributed by atoms with Crippen LogP contribution in [-0.4, -0.2) is 23.6 Å². The Morgan fingerprint density at radius 3 is 2.47 bits per heavy atom. The van der Waals surface area contributed by atoms with Gasteiger partial charge in [-0.1, -0.05) is 26.0 Å². The van der Waals surface area contributed by atoms with E-state index >= 15 is 0 Å². The van der Waals surface area contributed by atoms with Gasteiger partial charge in [-0.25, -0.2) is 4.39 Å². The summed E-state index contributed by atoms with van der Waals surface area (Å²) in [5, 5.41) is 12.4. The molecule has 106 valence electrons. The standard InChI is InChI=1S/C14H21FN2O2/c1-9(2)7-12(16)14(19)17-8-13(18)10-3-5-11(15)6-4-10/h3-6,9,12-13,18H,7-8,16H2,1-2H3,(H,17,19)/t12-,13?/m0/s1. The topological polar surface area (TPSA) is 75.4 Å². The molecule has 0 aliphatic heterocycles. The first kappa shape index (κ1) is 15.6. The average molecular weight is 268 g/mol. The van der Waals surface area contributed by atoms with Crippen LogP contribution in [0, 0.1) is 11.7 Å². The minimum Gasteiger partial charge on any atom is -0.387 e. The molecule has 0 heterocycles. The van der Waals surface area contributed by atoms with E-state index in [2.05, 4.69) is 5.32 Å². The number of hydrogen-bond donors (Lipinski definition) is 3. The number of nitrogens with one attached hydrogen (secondary N) is 1. The van der Waals surface area contributed by atoms with Gasteiger partial charge < -0.3 is 16.2 Å². The molecule has 0 aliphatic carbocycles. The average Bonchev–Trinajstić information content (AvgIpc) is 2.35. The molecule has 0 radical (unpaired) electrons. The van der Waals surface area contributed by atoms with Crippen molar-refractivity contribution >= 4 is 5.91 Å². The Labute approximate surface area is 112 Å². The second kappa shape index (κ2) is 7.21. The summed E-state index contributed by atoms with van der Waals surface area (Å²) < 4.78 is 12.7. The Hall–Kier alpha value is -1.46. The Kier molecular flexibility index (Phi) is 5.92. The lowest BCUT2D eigenvalue weighted by Gasteiger charge is -2.16. The van der Waals surface area contributed by atoms with Crippen molar-refractivity contribution in [3.8, 4) is 0 Å². The van der Waals surface area contributed by atoms with Gasteiger partial charge in [-0.05, 0) is 30.0 Å². The molecule has 1 rings (SSSR count). The van der Waals surface area contributed by atoms with Gasteiger partial charge in [0.2, 0.25) is 5.91 Å². The predicted molar refractivity (Wildman–Crippen MR) is 71.8 cm³/mol. The number of rotatable bonds is 6. The van der Waals surface area contributed by atoms with Crippen LogP contribution in [0.25, 0.3) is 0 Å². The smallest absolute Gasteiger partial charge is 0.237 e. The highest BCUT2D eigenvalue weighted by molar-refractivity contribution is 5.81. The number of hydrogen-bond acceptors (Lipinski definition) is 3. The molecule has 4 nitrogen and oxygen atoms in total. The second-order valence-corrected chi connectivity index (χ2v) is 5.05. The molecular weight excluding hydrogens is 247 g/mol. The lowest BCUT2D eigenvalue weighted by molar-refractivity contribution is -0.123. The highest BCUT2D eigenvalue weighted by atomic mass is 19.1. The third-order valence-corrected chi connectivity index (χ3v) is 2.79. The van der Waals surface area contributed by atoms with Crippen LogP contribution in [0.4, 0.5) is 4.39 Å². The number of benzene rings is 1. The molecule has 1 aromatic rings. The van der Waals surface area contributed by atoms with Crippen molar-refractivity contribution in [2.45, 2.75) is 32.4 Å². The summed E-state index contributed by atoms with van der Waals surface area (Å²) in [7, 11) is 0. The maximum absolute atomic E-state index is 12.7. The van der Waals surface area contributed by atoms with E-state index in [0.29, 0.717) is 17.9 Å². The lowest BCUT2D eigenvalue weighted by atomic mass is 10.0. The van der Waals surface area contributed by atoms with Crippen molar-refractivity contribution in [2.24, 2.45) is 11.7 Å². The predicted octanol–water partition coefficient (Wildman–Crippen LogP) is 1.35. The summed E-state index contributed by atoms with van der Waals surface area (Å²) in [6, 6.07) is 4.94. The molecule has 0 aromatic heterocycles. The number of carbonyl (C=O) groups is 1. The van der Waals surface area contributed by atoms with Crippen LogP contribution in [0.1, 0.15) is 31.9 Å². The maximum Gasteiger partial charge on any atom is 0.237 e. The van der Waals surface area contributed by atoms with Crippen LogP contribution < -0.4 is 11.1 Å². The van der Waals surface area contributed by atoms with Gasteiger partial charge in [0.1, 0.15) is 5.82 Å². The quantitative estimate of drug-likeness (QED) is 0.729. The molecule has 0 aliphatic rings. The van der Waals surface area contributed by atoms with Gasteiger partial charge in [0.05, 0.1) is 12.1 Å². The van der Waals surface area contributed by atoms with E-state index in [1.807, 2.05) is 13.8 Å². The van der Waals surface area contributed by atoms with E-state index in [1.54, 1.807) is 0 Å². The highest BCUT2D eigenvalue weighted by Gasteiger charge is 2.16. The molecule has 0 bridgehead atoms. The molecule has 0 fully saturated rings. The first-order valence-electron chi connectivity index (χ1n) is 6.37. The van der Waals surface area contributed by atoms with Crippen LogP contribution in [0.3, 0.4) is 0 Å². The van der Waals surface area contributed by atoms with E-state index in [9.17, 15) is 14.3 Å². The summed E-state index contributed by atoms with van der Waals surface area (Å²) in [4.78, 5) is 11.7. The number of halogens is 1. The van der Waals surface area contributed by atoms with Crippen LogP contribution >= 0.6 is 0 Å². The number of nitrogens with two attached hydrogens (primary N) is 1. The van der Waals surface area contributed by atoms with Crippen LogP contribution in [-0.2, 0) is 4.79 Å². The number of carbonyl (C=O) groups excluding carboxylic acids is 1. The lowest BCUT2D eigenvalue weighted by Crippen LogP contribution is -2.42. The van der Waals surface area contributed by atoms with Gasteiger partial charge in [-0.2, -0.15) is 0 Å². The zero-order valence-corrected chi connectivity index (χ0v) is 11.3. The first-order valence-corrected chi connectivity index (χ1v) is 6.37. The van der Waals surface area contributed by atoms with Crippen molar-refractivity contribution in [1.29, 1.82) is 0 Å². The Morgan fingerprint density at radius 1 is 1.37 bits per heavy atom. The van der Waals surface area contributed by atoms with E-state index in [4.69, 9.17) is 5.73 Å². The third-order valence-electron chi connectivity index (χ3n) is 2.79. The molecular formula is C14H21FN2O2. The minimum atomic E-state index is -0.865. The van der Waals surface area contributed by atoms with E-state index < -0.39 is 12.1 Å². The fourth-order valence-electron chi connectivity index (χ4n) is 1.75. The summed E-state index contributed by atoms with van der Waals surface area (Å²) in [5.74, 6) is -0.309. The molecule has 1 unspecified atom stereocenters. The summed E-state index contributed by atoms with van der Waals surface area (Å²) in [5.41, 5.74) is 6.27. The first-order chi connectivity index (χ1) is 8.90. The minimum absolute atomic E-state index is 0.0657. The van der Waals surface area contributed by atoms with Crippen molar-refractivity contribution in [1.82, 2.24) is 5.32 Å². The Morgan fingerprint density at radius 2 is 1.95 bits per heavy atom. The number of aliphatic hydroxyl groups excluding tert-OH is 1. The normalized spacial score (nSPS) is 14.2. The van der Waals surface area contributed by atoms with Crippen molar-refractivity contribution in [2.75, 3.05) is 6.54 Å². The molecule has 19 heavy (non-hydrogen) atoms. The van der Waals surface area contributed by atoms with Crippen molar-refractivity contribution in [3.63, 3.8) is 0 Å². The number of aliphatic hydroxyl groups is 1. The SMILES string of the molecule is CC(C)C[C@H](N)C(=O)NCC(O)c1ccc(F)cc1. The largest absolute Gasteiger partial charge is 0.387 e. The molecule has 2 atom stereocenters. The third kappa shape index (κ3) is 5.36. The molecule has 5 heteroatoms. The monoisotopic (exact) mass is 268 g/mol. The Bertz CT molecular complexity index is 406. The Balaban J connectivity index is 2.43. The zero-order chi connectivity index (χ0) is 14.4. The van der Waals surface area contributed by atoms with E-state index in [0.717, 1.165) is 0 Å². The second-order valence-electron chi connectivity index (χ2n) is 5.05. The molecule has 1 aromatic carbocycles. The molecule has 0 saturated carbocycles. The van der Waals surface area contributed by atoms with Gasteiger partial charge >= 0.3 is 0 Å². The maximum atomic E-state index is 12.7. The van der Waals surface area contributed by atoms with Gasteiger partial charge in [-0.3, -0.25) is 4.79 Å². The van der Waals surface area contributed by atoms with Crippen LogP contribution in [0.15, 0.2) is 24.3 Å².